The van der Waals surface area contributed by atoms with E-state index in [1.54, 1.807) is 0 Å². The van der Waals surface area contributed by atoms with E-state index in [0.717, 1.165) is 76.2 Å². The Balaban J connectivity index is -0.000000629. The summed E-state index contributed by atoms with van der Waals surface area (Å²) >= 11 is 0. The molecule has 0 amide bonds. The zero-order chi connectivity index (χ0) is 40.8. The molecule has 0 saturated carbocycles. The normalized spacial score (nSPS) is 20.4. The minimum absolute atomic E-state index is 0. The molecule has 0 aromatic rings. The standard InChI is InChI=1S/4C7H12N3.2C3H6O.2ClH.F6P.2Os/c4*1-3-8-7-9-4-2-6-10(7)5-1;2*1-3(2)4;;;1-7(2,3,4,5)6;;/h4*1-6H2;2*1-2H3;2*1H;;;/q4*-1;;;;;-1;;+4/p-2. The van der Waals surface area contributed by atoms with E-state index in [4.69, 9.17) is 0 Å². The second-order valence-corrected chi connectivity index (χ2v) is 15.7. The number of guanidine groups is 4. The molecule has 348 valence electrons. The van der Waals surface area contributed by atoms with Crippen molar-refractivity contribution in [3.63, 3.8) is 0 Å². The Morgan fingerprint density at radius 1 is 0.441 bits per heavy atom. The molecule has 8 aliphatic heterocycles. The maximum Gasteiger partial charge on any atom is 4.00 e. The number of ketones is 2. The summed E-state index contributed by atoms with van der Waals surface area (Å²) in [6, 6.07) is 0. The molecule has 0 aromatic carbocycles. The van der Waals surface area contributed by atoms with Gasteiger partial charge in [-0.15, -0.1) is 0 Å². The van der Waals surface area contributed by atoms with E-state index in [-0.39, 0.29) is 76.0 Å². The largest absolute Gasteiger partial charge is 4.00 e. The third-order valence-electron chi connectivity index (χ3n) is 7.85. The Morgan fingerprint density at radius 3 is 0.746 bits per heavy atom. The first-order chi connectivity index (χ1) is 25.8. The minimum atomic E-state index is -10.7. The summed E-state index contributed by atoms with van der Waals surface area (Å²) in [7, 11) is -10.7. The van der Waals surface area contributed by atoms with E-state index in [1.165, 1.54) is 131 Å². The molecule has 8 heterocycles. The van der Waals surface area contributed by atoms with Gasteiger partial charge < -0.3 is 95.2 Å². The van der Waals surface area contributed by atoms with Gasteiger partial charge in [-0.25, -0.2) is 0 Å². The van der Waals surface area contributed by atoms with E-state index in [1.807, 2.05) is 0 Å². The van der Waals surface area contributed by atoms with Crippen LogP contribution in [-0.4, -0.2) is 160 Å². The smallest absolute Gasteiger partial charge is 1.00 e. The molecule has 0 bridgehead atoms. The molecule has 0 aliphatic carbocycles. The number of carbonyl (C=O) groups is 2. The van der Waals surface area contributed by atoms with Crippen LogP contribution in [0.2, 0.25) is 0 Å². The quantitative estimate of drug-likeness (QED) is 0.267. The molecule has 8 aliphatic rings. The van der Waals surface area contributed by atoms with Crippen molar-refractivity contribution in [3.05, 3.63) is 21.3 Å². The Morgan fingerprint density at radius 2 is 0.593 bits per heavy atom. The SMILES string of the molecule is C1CN=C2[N-]CCCN2C1.C1CN=C2[N-]CCCN2C1.C1CN=C2[N-]CCCN2C1.C1CN=C2[N-]CCCN2C1.CC(C)=O.CC(C)=O.F[P-](F)(F)(F)(F)F.[Cl-].[Cl-].[Os+4].[Os]. The molecule has 0 radical (unpaired) electrons. The number of carbonyl (C=O) groups excluding carboxylic acids is 2. The van der Waals surface area contributed by atoms with Crippen LogP contribution in [0.4, 0.5) is 25.2 Å². The molecule has 0 aromatic heterocycles. The molecule has 4 saturated heterocycles. The van der Waals surface area contributed by atoms with Gasteiger partial charge in [0, 0.05) is 43.6 Å². The van der Waals surface area contributed by atoms with E-state index < -0.39 is 7.81 Å². The van der Waals surface area contributed by atoms with Gasteiger partial charge in [-0.3, -0.25) is 0 Å². The molecule has 0 atom stereocenters. The van der Waals surface area contributed by atoms with Gasteiger partial charge in [0.2, 0.25) is 0 Å². The predicted molar refractivity (Wildman–Crippen MR) is 212 cm³/mol. The third-order valence-corrected chi connectivity index (χ3v) is 7.85. The number of nitrogens with zero attached hydrogens (tertiary/aromatic N) is 12. The zero-order valence-electron chi connectivity index (χ0n) is 34.3. The average Bonchev–Trinajstić information content (AvgIpc) is 3.14. The molecule has 25 heteroatoms. The fourth-order valence-electron chi connectivity index (χ4n) is 5.77. The summed E-state index contributed by atoms with van der Waals surface area (Å²) in [4.78, 5) is 45.3. The first-order valence-corrected chi connectivity index (χ1v) is 21.2. The number of rotatable bonds is 0. The van der Waals surface area contributed by atoms with Gasteiger partial charge in [0.25, 0.3) is 0 Å². The predicted octanol–water partition coefficient (Wildman–Crippen LogP) is 1.88. The minimum Gasteiger partial charge on any atom is -1.00 e. The number of Topliss-reactive ketones (excluding diaryl/α,β-unsaturated/α-hetero) is 2. The summed E-state index contributed by atoms with van der Waals surface area (Å²) in [5, 5.41) is 17.3. The van der Waals surface area contributed by atoms with E-state index in [9.17, 15) is 34.8 Å². The van der Waals surface area contributed by atoms with E-state index in [0.29, 0.717) is 0 Å². The number of fused-ring (bicyclic) bond motifs is 4. The first-order valence-electron chi connectivity index (χ1n) is 19.2. The zero-order valence-corrected chi connectivity index (χ0v) is 41.8. The van der Waals surface area contributed by atoms with Gasteiger partial charge in [0.15, 0.2) is 0 Å². The molecule has 0 spiro atoms. The van der Waals surface area contributed by atoms with Gasteiger partial charge in [0.05, 0.1) is 0 Å². The van der Waals surface area contributed by atoms with Crippen LogP contribution < -0.4 is 24.8 Å². The van der Waals surface area contributed by atoms with Crippen molar-refractivity contribution < 1.29 is 99.2 Å². The first kappa shape index (κ1) is 61.6. The van der Waals surface area contributed by atoms with Crippen molar-refractivity contribution in [3.8, 4) is 0 Å². The molecule has 59 heavy (non-hydrogen) atoms. The second kappa shape index (κ2) is 30.4. The molecule has 14 nitrogen and oxygen atoms in total. The van der Waals surface area contributed by atoms with E-state index >= 15 is 0 Å². The van der Waals surface area contributed by atoms with Crippen molar-refractivity contribution >= 4 is 43.2 Å². The van der Waals surface area contributed by atoms with Crippen LogP contribution in [0.3, 0.4) is 0 Å². The van der Waals surface area contributed by atoms with Crippen molar-refractivity contribution in [2.75, 3.05) is 105 Å². The van der Waals surface area contributed by atoms with Crippen molar-refractivity contribution in [1.29, 1.82) is 0 Å². The van der Waals surface area contributed by atoms with Crippen molar-refractivity contribution in [1.82, 2.24) is 19.6 Å². The molecule has 4 fully saturated rings. The fraction of sp³-hybridized carbons (Fsp3) is 0.824. The summed E-state index contributed by atoms with van der Waals surface area (Å²) in [5.41, 5.74) is 0. The molecule has 0 N–H and O–H groups in total. The maximum atomic E-state index is 9.87. The van der Waals surface area contributed by atoms with Gasteiger partial charge >= 0.3 is 52.8 Å². The number of aliphatic imine (C=N–C) groups is 4. The molecule has 0 unspecified atom stereocenters. The number of halogens is 8. The summed E-state index contributed by atoms with van der Waals surface area (Å²) in [6.45, 7) is 23.3. The van der Waals surface area contributed by atoms with Crippen LogP contribution in [0.25, 0.3) is 21.3 Å². The Labute approximate surface area is 385 Å². The van der Waals surface area contributed by atoms with Crippen LogP contribution in [0.5, 0.6) is 0 Å². The molecular formula is C34H60Cl2F6N12O2Os2P-3. The maximum absolute atomic E-state index is 10.7. The average molecular weight is 1270 g/mol. The van der Waals surface area contributed by atoms with Crippen molar-refractivity contribution in [2.24, 2.45) is 20.0 Å². The van der Waals surface area contributed by atoms with Crippen LogP contribution in [0.1, 0.15) is 79.1 Å². The van der Waals surface area contributed by atoms with Crippen LogP contribution in [0, 0.1) is 0 Å². The van der Waals surface area contributed by atoms with Gasteiger partial charge in [0.1, 0.15) is 11.6 Å². The van der Waals surface area contributed by atoms with Crippen molar-refractivity contribution in [2.45, 2.75) is 79.1 Å². The Bertz CT molecular complexity index is 1170. The number of hydrogen-bond donors (Lipinski definition) is 0. The third kappa shape index (κ3) is 33.6. The fourth-order valence-corrected chi connectivity index (χ4v) is 5.77. The van der Waals surface area contributed by atoms with Crippen LogP contribution in [0.15, 0.2) is 20.0 Å². The van der Waals surface area contributed by atoms with Crippen LogP contribution in [-0.2, 0) is 49.2 Å². The van der Waals surface area contributed by atoms with Gasteiger partial charge in [-0.2, -0.15) is 0 Å². The molecule has 8 rings (SSSR count). The topological polar surface area (TPSA) is 153 Å². The molecular weight excluding hydrogens is 1200 g/mol. The Kier molecular flexibility index (Phi) is 31.7. The summed E-state index contributed by atoms with van der Waals surface area (Å²) in [5.74, 6) is 4.38. The Hall–Kier alpha value is -1.72. The number of hydrogen-bond acceptors (Lipinski definition) is 10. The van der Waals surface area contributed by atoms with E-state index in [2.05, 4.69) is 60.8 Å². The summed E-state index contributed by atoms with van der Waals surface area (Å²) in [6.07, 6.45) is 9.66. The van der Waals surface area contributed by atoms with Gasteiger partial charge in [-0.05, 0) is 184 Å². The second-order valence-electron chi connectivity index (χ2n) is 13.8. The van der Waals surface area contributed by atoms with Gasteiger partial charge in [-0.1, -0.05) is 0 Å². The monoisotopic (exact) mass is 1270 g/mol. The van der Waals surface area contributed by atoms with Crippen LogP contribution >= 0.6 is 7.81 Å². The summed E-state index contributed by atoms with van der Waals surface area (Å²) < 4.78 is 59.2.